The zero-order chi connectivity index (χ0) is 17.6. The van der Waals surface area contributed by atoms with Crippen LogP contribution in [-0.4, -0.2) is 33.5 Å². The van der Waals surface area contributed by atoms with Crippen molar-refractivity contribution in [3.05, 3.63) is 59.9 Å². The molecule has 0 saturated carbocycles. The molecule has 1 heterocycles. The highest BCUT2D eigenvalue weighted by molar-refractivity contribution is 7.99. The fraction of sp³-hybridized carbons (Fsp3) is 0.118. The van der Waals surface area contributed by atoms with Gasteiger partial charge in [-0.15, -0.1) is 10.2 Å². The summed E-state index contributed by atoms with van der Waals surface area (Å²) in [7, 11) is 1.56. The van der Waals surface area contributed by atoms with Crippen LogP contribution in [-0.2, 0) is 4.79 Å². The monoisotopic (exact) mass is 374 g/mol. The van der Waals surface area contributed by atoms with Gasteiger partial charge in [-0.2, -0.15) is 0 Å². The van der Waals surface area contributed by atoms with Gasteiger partial charge < -0.3 is 10.1 Å². The molecule has 128 valence electrons. The molecule has 8 heteroatoms. The van der Waals surface area contributed by atoms with Gasteiger partial charge in [0, 0.05) is 5.02 Å². The SMILES string of the molecule is COc1ccccc1NC(=O)CSc1nncn1-c1cccc(Cl)c1. The first-order valence-corrected chi connectivity index (χ1v) is 8.75. The van der Waals surface area contributed by atoms with Crippen LogP contribution in [0.4, 0.5) is 5.69 Å². The first kappa shape index (κ1) is 17.3. The number of halogens is 1. The summed E-state index contributed by atoms with van der Waals surface area (Å²) in [6.07, 6.45) is 1.59. The van der Waals surface area contributed by atoms with Crippen molar-refractivity contribution in [1.29, 1.82) is 0 Å². The number of ether oxygens (including phenoxy) is 1. The van der Waals surface area contributed by atoms with Crippen LogP contribution < -0.4 is 10.1 Å². The van der Waals surface area contributed by atoms with E-state index in [0.29, 0.717) is 21.6 Å². The van der Waals surface area contributed by atoms with Gasteiger partial charge in [-0.3, -0.25) is 9.36 Å². The van der Waals surface area contributed by atoms with Crippen molar-refractivity contribution in [2.45, 2.75) is 5.16 Å². The molecule has 2 aromatic carbocycles. The van der Waals surface area contributed by atoms with Crippen LogP contribution in [0.5, 0.6) is 5.75 Å². The normalized spacial score (nSPS) is 10.5. The van der Waals surface area contributed by atoms with Gasteiger partial charge in [0.05, 0.1) is 24.2 Å². The molecule has 0 radical (unpaired) electrons. The first-order chi connectivity index (χ1) is 12.2. The van der Waals surface area contributed by atoms with E-state index in [1.165, 1.54) is 11.8 Å². The molecule has 1 N–H and O–H groups in total. The highest BCUT2D eigenvalue weighted by Crippen LogP contribution is 2.25. The number of methoxy groups -OCH3 is 1. The number of aromatic nitrogens is 3. The Labute approximate surface area is 154 Å². The minimum atomic E-state index is -0.157. The van der Waals surface area contributed by atoms with Crippen molar-refractivity contribution in [2.75, 3.05) is 18.2 Å². The quantitative estimate of drug-likeness (QED) is 0.667. The lowest BCUT2D eigenvalue weighted by molar-refractivity contribution is -0.113. The molecule has 3 aromatic rings. The Morgan fingerprint density at radius 3 is 2.92 bits per heavy atom. The fourth-order valence-electron chi connectivity index (χ4n) is 2.19. The Hall–Kier alpha value is -2.51. The summed E-state index contributed by atoms with van der Waals surface area (Å²) < 4.78 is 7.01. The standard InChI is InChI=1S/C17H15ClN4O2S/c1-24-15-8-3-2-7-14(15)20-16(23)10-25-17-21-19-11-22(17)13-6-4-5-12(18)9-13/h2-9,11H,10H2,1H3,(H,20,23). The number of rotatable bonds is 6. The van der Waals surface area contributed by atoms with Crippen molar-refractivity contribution in [2.24, 2.45) is 0 Å². The van der Waals surface area contributed by atoms with Gasteiger partial charge in [0.1, 0.15) is 12.1 Å². The van der Waals surface area contributed by atoms with Crippen LogP contribution in [0.3, 0.4) is 0 Å². The maximum Gasteiger partial charge on any atom is 0.234 e. The van der Waals surface area contributed by atoms with E-state index in [1.54, 1.807) is 36.2 Å². The van der Waals surface area contributed by atoms with Crippen molar-refractivity contribution >= 4 is 35.0 Å². The molecule has 0 aliphatic heterocycles. The van der Waals surface area contributed by atoms with E-state index in [0.717, 1.165) is 5.69 Å². The Morgan fingerprint density at radius 1 is 1.28 bits per heavy atom. The van der Waals surface area contributed by atoms with Gasteiger partial charge >= 0.3 is 0 Å². The van der Waals surface area contributed by atoms with Gasteiger partial charge in [0.25, 0.3) is 0 Å². The summed E-state index contributed by atoms with van der Waals surface area (Å²) in [5.74, 6) is 0.648. The highest BCUT2D eigenvalue weighted by atomic mass is 35.5. The van der Waals surface area contributed by atoms with Crippen molar-refractivity contribution < 1.29 is 9.53 Å². The zero-order valence-corrected chi connectivity index (χ0v) is 14.9. The third kappa shape index (κ3) is 4.32. The van der Waals surface area contributed by atoms with Crippen molar-refractivity contribution in [3.8, 4) is 11.4 Å². The smallest absolute Gasteiger partial charge is 0.234 e. The van der Waals surface area contributed by atoms with Gasteiger partial charge in [0.15, 0.2) is 5.16 Å². The molecular formula is C17H15ClN4O2S. The van der Waals surface area contributed by atoms with E-state index in [4.69, 9.17) is 16.3 Å². The molecule has 0 saturated heterocycles. The zero-order valence-electron chi connectivity index (χ0n) is 13.3. The molecule has 3 rings (SSSR count). The van der Waals surface area contributed by atoms with E-state index >= 15 is 0 Å². The van der Waals surface area contributed by atoms with E-state index in [2.05, 4.69) is 15.5 Å². The van der Waals surface area contributed by atoms with Gasteiger partial charge in [0.2, 0.25) is 5.91 Å². The first-order valence-electron chi connectivity index (χ1n) is 7.39. The van der Waals surface area contributed by atoms with E-state index in [-0.39, 0.29) is 11.7 Å². The number of nitrogens with zero attached hydrogens (tertiary/aromatic N) is 3. The third-order valence-corrected chi connectivity index (χ3v) is 4.49. The second-order valence-corrected chi connectivity index (χ2v) is 6.38. The van der Waals surface area contributed by atoms with E-state index in [1.807, 2.05) is 30.3 Å². The summed E-state index contributed by atoms with van der Waals surface area (Å²) in [6.45, 7) is 0. The number of anilines is 1. The average molecular weight is 375 g/mol. The van der Waals surface area contributed by atoms with Crippen LogP contribution in [0.1, 0.15) is 0 Å². The molecule has 0 atom stereocenters. The molecule has 0 fully saturated rings. The molecule has 0 spiro atoms. The number of amides is 1. The van der Waals surface area contributed by atoms with Crippen molar-refractivity contribution in [1.82, 2.24) is 14.8 Å². The largest absolute Gasteiger partial charge is 0.495 e. The second kappa shape index (κ2) is 8.04. The maximum atomic E-state index is 12.2. The Bertz CT molecular complexity index is 884. The number of hydrogen-bond donors (Lipinski definition) is 1. The van der Waals surface area contributed by atoms with Crippen LogP contribution in [0, 0.1) is 0 Å². The molecule has 1 amide bonds. The molecule has 0 unspecified atom stereocenters. The number of hydrogen-bond acceptors (Lipinski definition) is 5. The maximum absolute atomic E-state index is 12.2. The van der Waals surface area contributed by atoms with E-state index in [9.17, 15) is 4.79 Å². The predicted octanol–water partition coefficient (Wildman–Crippen LogP) is 3.66. The van der Waals surface area contributed by atoms with Gasteiger partial charge in [-0.25, -0.2) is 0 Å². The van der Waals surface area contributed by atoms with Crippen molar-refractivity contribution in [3.63, 3.8) is 0 Å². The topological polar surface area (TPSA) is 69.0 Å². The molecule has 6 nitrogen and oxygen atoms in total. The summed E-state index contributed by atoms with van der Waals surface area (Å²) >= 11 is 7.31. The number of carbonyl (C=O) groups is 1. The third-order valence-electron chi connectivity index (χ3n) is 3.32. The van der Waals surface area contributed by atoms with E-state index < -0.39 is 0 Å². The molecule has 25 heavy (non-hydrogen) atoms. The number of para-hydroxylation sites is 2. The molecule has 1 aromatic heterocycles. The number of nitrogens with one attached hydrogen (secondary N) is 1. The van der Waals surface area contributed by atoms with Gasteiger partial charge in [-0.1, -0.05) is 41.6 Å². The molecule has 0 aliphatic carbocycles. The Balaban J connectivity index is 1.66. The van der Waals surface area contributed by atoms with Crippen LogP contribution in [0.15, 0.2) is 60.0 Å². The summed E-state index contributed by atoms with van der Waals surface area (Å²) in [5, 5.41) is 12.0. The Morgan fingerprint density at radius 2 is 2.12 bits per heavy atom. The lowest BCUT2D eigenvalue weighted by Gasteiger charge is -2.10. The lowest BCUT2D eigenvalue weighted by Crippen LogP contribution is -2.15. The molecule has 0 bridgehead atoms. The lowest BCUT2D eigenvalue weighted by atomic mass is 10.3. The minimum Gasteiger partial charge on any atom is -0.495 e. The number of carbonyl (C=O) groups excluding carboxylic acids is 1. The summed E-state index contributed by atoms with van der Waals surface area (Å²) in [5.41, 5.74) is 1.47. The second-order valence-electron chi connectivity index (χ2n) is 5.00. The van der Waals surface area contributed by atoms with Crippen LogP contribution in [0.25, 0.3) is 5.69 Å². The highest BCUT2D eigenvalue weighted by Gasteiger charge is 2.12. The number of thioether (sulfide) groups is 1. The summed E-state index contributed by atoms with van der Waals surface area (Å²) in [4.78, 5) is 12.2. The molecular weight excluding hydrogens is 360 g/mol. The van der Waals surface area contributed by atoms with Gasteiger partial charge in [-0.05, 0) is 30.3 Å². The predicted molar refractivity (Wildman–Crippen MR) is 98.7 cm³/mol. The number of benzene rings is 2. The Kier molecular flexibility index (Phi) is 5.57. The molecule has 0 aliphatic rings. The van der Waals surface area contributed by atoms with Crippen LogP contribution in [0.2, 0.25) is 5.02 Å². The fourth-order valence-corrected chi connectivity index (χ4v) is 3.10. The average Bonchev–Trinajstić information content (AvgIpc) is 3.09. The minimum absolute atomic E-state index is 0.157. The van der Waals surface area contributed by atoms with Crippen LogP contribution >= 0.6 is 23.4 Å². The summed E-state index contributed by atoms with van der Waals surface area (Å²) in [6, 6.07) is 14.6.